The highest BCUT2D eigenvalue weighted by Gasteiger charge is 2.38. The smallest absolute Gasteiger partial charge is 0.327 e. The van der Waals surface area contributed by atoms with Crippen LogP contribution in [0.4, 0.5) is 4.79 Å². The first kappa shape index (κ1) is 16.4. The minimum Gasteiger partial charge on any atom is -0.340 e. The SMILES string of the molecule is CC1=CC=C2NC(c3ccc(C)cc3)=C(CN3C(=O)CN(C)C3=O)N2C1. The van der Waals surface area contributed by atoms with Crippen LogP contribution in [0.15, 0.2) is 53.5 Å². The first-order valence-corrected chi connectivity index (χ1v) is 8.71. The molecule has 1 saturated heterocycles. The lowest BCUT2D eigenvalue weighted by Gasteiger charge is -2.27. The van der Waals surface area contributed by atoms with E-state index in [1.807, 2.05) is 6.08 Å². The van der Waals surface area contributed by atoms with Crippen LogP contribution in [0.5, 0.6) is 0 Å². The number of carbonyl (C=O) groups excluding carboxylic acids is 2. The third-order valence-electron chi connectivity index (χ3n) is 4.97. The second-order valence-corrected chi connectivity index (χ2v) is 7.08. The molecule has 1 N–H and O–H groups in total. The van der Waals surface area contributed by atoms with Crippen molar-refractivity contribution in [3.63, 3.8) is 0 Å². The highest BCUT2D eigenvalue weighted by atomic mass is 16.2. The van der Waals surface area contributed by atoms with E-state index in [0.717, 1.165) is 29.3 Å². The minimum atomic E-state index is -0.243. The van der Waals surface area contributed by atoms with Crippen molar-refractivity contribution >= 4 is 17.6 Å². The lowest BCUT2D eigenvalue weighted by atomic mass is 10.1. The van der Waals surface area contributed by atoms with Crippen LogP contribution in [0, 0.1) is 6.92 Å². The van der Waals surface area contributed by atoms with Crippen LogP contribution >= 0.6 is 0 Å². The van der Waals surface area contributed by atoms with Crippen LogP contribution in [0.2, 0.25) is 0 Å². The van der Waals surface area contributed by atoms with Gasteiger partial charge in [-0.25, -0.2) is 4.79 Å². The number of likely N-dealkylation sites (N-methyl/N-ethyl adjacent to an activating group) is 1. The number of nitrogens with one attached hydrogen (secondary N) is 1. The number of aryl methyl sites for hydroxylation is 1. The van der Waals surface area contributed by atoms with Crippen LogP contribution in [0.1, 0.15) is 18.1 Å². The molecule has 6 heteroatoms. The van der Waals surface area contributed by atoms with E-state index in [4.69, 9.17) is 0 Å². The van der Waals surface area contributed by atoms with Crippen molar-refractivity contribution in [2.24, 2.45) is 0 Å². The Labute approximate surface area is 153 Å². The molecule has 0 bridgehead atoms. The van der Waals surface area contributed by atoms with Gasteiger partial charge in [-0.3, -0.25) is 9.69 Å². The maximum Gasteiger partial charge on any atom is 0.327 e. The zero-order chi connectivity index (χ0) is 18.4. The second kappa shape index (κ2) is 6.05. The maximum absolute atomic E-state index is 12.4. The van der Waals surface area contributed by atoms with Crippen molar-refractivity contribution in [3.05, 3.63) is 64.6 Å². The highest BCUT2D eigenvalue weighted by molar-refractivity contribution is 6.02. The third-order valence-corrected chi connectivity index (χ3v) is 4.97. The molecular formula is C20H22N4O2. The first-order valence-electron chi connectivity index (χ1n) is 8.71. The van der Waals surface area contributed by atoms with Crippen molar-refractivity contribution in [2.75, 3.05) is 26.7 Å². The zero-order valence-electron chi connectivity index (χ0n) is 15.2. The number of urea groups is 1. The van der Waals surface area contributed by atoms with Gasteiger partial charge in [0.05, 0.1) is 17.9 Å². The number of imide groups is 1. The molecule has 0 aliphatic carbocycles. The molecule has 3 aliphatic rings. The van der Waals surface area contributed by atoms with Crippen LogP contribution in [-0.2, 0) is 4.79 Å². The highest BCUT2D eigenvalue weighted by Crippen LogP contribution is 2.33. The summed E-state index contributed by atoms with van der Waals surface area (Å²) >= 11 is 0. The van der Waals surface area contributed by atoms with Gasteiger partial charge in [-0.2, -0.15) is 0 Å². The molecular weight excluding hydrogens is 328 g/mol. The fourth-order valence-corrected chi connectivity index (χ4v) is 3.48. The molecule has 1 aromatic carbocycles. The van der Waals surface area contributed by atoms with Crippen LogP contribution in [-0.4, -0.2) is 53.3 Å². The van der Waals surface area contributed by atoms with Gasteiger partial charge in [0, 0.05) is 13.6 Å². The molecule has 1 fully saturated rings. The molecule has 0 spiro atoms. The van der Waals surface area contributed by atoms with Crippen molar-refractivity contribution in [3.8, 4) is 0 Å². The van der Waals surface area contributed by atoms with Gasteiger partial charge in [0.1, 0.15) is 12.4 Å². The topological polar surface area (TPSA) is 55.9 Å². The fraction of sp³-hybridized carbons (Fsp3) is 0.300. The quantitative estimate of drug-likeness (QED) is 0.850. The zero-order valence-corrected chi connectivity index (χ0v) is 15.2. The Balaban J connectivity index is 1.74. The second-order valence-electron chi connectivity index (χ2n) is 7.08. The van der Waals surface area contributed by atoms with E-state index in [-0.39, 0.29) is 25.0 Å². The predicted octanol–water partition coefficient (Wildman–Crippen LogP) is 2.26. The molecule has 26 heavy (non-hydrogen) atoms. The Morgan fingerprint density at radius 2 is 1.77 bits per heavy atom. The molecule has 0 saturated carbocycles. The Kier molecular flexibility index (Phi) is 3.83. The number of hydrogen-bond donors (Lipinski definition) is 1. The third kappa shape index (κ3) is 2.67. The molecule has 3 aliphatic heterocycles. The lowest BCUT2D eigenvalue weighted by molar-refractivity contribution is -0.125. The van der Waals surface area contributed by atoms with Gasteiger partial charge >= 0.3 is 6.03 Å². The number of fused-ring (bicyclic) bond motifs is 1. The van der Waals surface area contributed by atoms with Crippen molar-refractivity contribution < 1.29 is 9.59 Å². The normalized spacial score (nSPS) is 19.7. The molecule has 0 aromatic heterocycles. The predicted molar refractivity (Wildman–Crippen MR) is 99.5 cm³/mol. The summed E-state index contributed by atoms with van der Waals surface area (Å²) in [5.41, 5.74) is 5.37. The average Bonchev–Trinajstić information content (AvgIpc) is 3.08. The molecule has 0 atom stereocenters. The summed E-state index contributed by atoms with van der Waals surface area (Å²) in [4.78, 5) is 29.6. The van der Waals surface area contributed by atoms with Crippen LogP contribution in [0.25, 0.3) is 5.70 Å². The van der Waals surface area contributed by atoms with Gasteiger partial charge in [-0.15, -0.1) is 0 Å². The van der Waals surface area contributed by atoms with Crippen molar-refractivity contribution in [2.45, 2.75) is 13.8 Å². The number of nitrogens with zero attached hydrogens (tertiary/aromatic N) is 3. The minimum absolute atomic E-state index is 0.140. The Morgan fingerprint density at radius 3 is 2.42 bits per heavy atom. The summed E-state index contributed by atoms with van der Waals surface area (Å²) in [6.45, 7) is 5.28. The molecule has 3 amide bonds. The number of amides is 3. The summed E-state index contributed by atoms with van der Waals surface area (Å²) in [7, 11) is 1.65. The standard InChI is InChI=1S/C20H22N4O2/c1-13-4-7-15(8-5-13)19-16(11-24-18(25)12-22(3)20(24)26)23-10-14(2)6-9-17(23)21-19/h4-9,21H,10-12H2,1-3H3. The molecule has 0 unspecified atom stereocenters. The van der Waals surface area contributed by atoms with E-state index in [1.165, 1.54) is 20.9 Å². The van der Waals surface area contributed by atoms with E-state index < -0.39 is 0 Å². The molecule has 6 nitrogen and oxygen atoms in total. The summed E-state index contributed by atoms with van der Waals surface area (Å²) in [5.74, 6) is 0.823. The summed E-state index contributed by atoms with van der Waals surface area (Å²) in [6.07, 6.45) is 4.13. The monoisotopic (exact) mass is 350 g/mol. The molecule has 3 heterocycles. The van der Waals surface area contributed by atoms with Crippen molar-refractivity contribution in [1.82, 2.24) is 20.0 Å². The van der Waals surface area contributed by atoms with E-state index >= 15 is 0 Å². The number of hydrogen-bond acceptors (Lipinski definition) is 4. The summed E-state index contributed by atoms with van der Waals surface area (Å²) < 4.78 is 0. The van der Waals surface area contributed by atoms with Gasteiger partial charge in [-0.1, -0.05) is 41.5 Å². The van der Waals surface area contributed by atoms with E-state index in [0.29, 0.717) is 0 Å². The lowest BCUT2D eigenvalue weighted by Crippen LogP contribution is -2.37. The van der Waals surface area contributed by atoms with Crippen LogP contribution in [0.3, 0.4) is 0 Å². The van der Waals surface area contributed by atoms with Crippen LogP contribution < -0.4 is 5.32 Å². The Morgan fingerprint density at radius 1 is 1.04 bits per heavy atom. The van der Waals surface area contributed by atoms with Gasteiger partial charge in [0.2, 0.25) is 0 Å². The van der Waals surface area contributed by atoms with Gasteiger partial charge in [0.25, 0.3) is 5.91 Å². The number of allylic oxidation sites excluding steroid dienone is 2. The fourth-order valence-electron chi connectivity index (χ4n) is 3.48. The molecule has 0 radical (unpaired) electrons. The molecule has 4 rings (SSSR count). The first-order chi connectivity index (χ1) is 12.4. The summed E-state index contributed by atoms with van der Waals surface area (Å²) in [5, 5.41) is 3.47. The maximum atomic E-state index is 12.4. The van der Waals surface area contributed by atoms with E-state index in [9.17, 15) is 9.59 Å². The van der Waals surface area contributed by atoms with Gasteiger partial charge in [-0.05, 0) is 25.5 Å². The Hall–Kier alpha value is -3.02. The molecule has 1 aromatic rings. The van der Waals surface area contributed by atoms with E-state index in [2.05, 4.69) is 54.4 Å². The number of carbonyl (C=O) groups is 2. The number of rotatable bonds is 3. The Bertz CT molecular complexity index is 880. The van der Waals surface area contributed by atoms with E-state index in [1.54, 1.807) is 7.05 Å². The average molecular weight is 350 g/mol. The summed E-state index contributed by atoms with van der Waals surface area (Å²) in [6, 6.07) is 8.02. The molecule has 134 valence electrons. The largest absolute Gasteiger partial charge is 0.340 e. The van der Waals surface area contributed by atoms with Gasteiger partial charge < -0.3 is 15.1 Å². The van der Waals surface area contributed by atoms with Gasteiger partial charge in [0.15, 0.2) is 0 Å². The number of benzene rings is 1. The van der Waals surface area contributed by atoms with Crippen molar-refractivity contribution in [1.29, 1.82) is 0 Å².